The van der Waals surface area contributed by atoms with Crippen LogP contribution in [-0.2, 0) is 11.3 Å². The zero-order valence-corrected chi connectivity index (χ0v) is 11.8. The quantitative estimate of drug-likeness (QED) is 0.919. The summed E-state index contributed by atoms with van der Waals surface area (Å²) in [7, 11) is 0. The lowest BCUT2D eigenvalue weighted by Gasteiger charge is -2.10. The standard InChI is InChI=1S/C17H16N2O2/c1-11-5-6-13-8-14(17(20)19-16(13)12(11)2)9-18-10-15-4-3-7-21-15/h3-8,18H,2,9-10H2,1H3. The highest BCUT2D eigenvalue weighted by atomic mass is 16.3. The third kappa shape index (κ3) is 2.71. The summed E-state index contributed by atoms with van der Waals surface area (Å²) in [5.41, 5.74) is 2.63. The van der Waals surface area contributed by atoms with E-state index < -0.39 is 0 Å². The van der Waals surface area contributed by atoms with Crippen molar-refractivity contribution in [2.75, 3.05) is 6.54 Å². The van der Waals surface area contributed by atoms with Crippen LogP contribution >= 0.6 is 0 Å². The Balaban J connectivity index is 1.79. The fourth-order valence-electron chi connectivity index (χ4n) is 2.29. The Bertz CT molecular complexity index is 817. The molecule has 0 bridgehead atoms. The van der Waals surface area contributed by atoms with Gasteiger partial charge in [-0.2, -0.15) is 0 Å². The minimum atomic E-state index is -0.204. The molecule has 0 spiro atoms. The van der Waals surface area contributed by atoms with Crippen molar-refractivity contribution in [3.8, 4) is 0 Å². The van der Waals surface area contributed by atoms with Crippen LogP contribution < -0.4 is 15.9 Å². The first-order valence-corrected chi connectivity index (χ1v) is 6.80. The molecule has 1 aliphatic heterocycles. The molecule has 4 heteroatoms. The van der Waals surface area contributed by atoms with Gasteiger partial charge >= 0.3 is 0 Å². The van der Waals surface area contributed by atoms with Crippen LogP contribution in [0, 0.1) is 6.92 Å². The summed E-state index contributed by atoms with van der Waals surface area (Å²) in [6.45, 7) is 6.99. The van der Waals surface area contributed by atoms with Gasteiger partial charge in [0.25, 0.3) is 5.91 Å². The molecule has 0 fully saturated rings. The third-order valence-corrected chi connectivity index (χ3v) is 3.56. The Morgan fingerprint density at radius 2 is 2.14 bits per heavy atom. The summed E-state index contributed by atoms with van der Waals surface area (Å²) in [6, 6.07) is 7.70. The van der Waals surface area contributed by atoms with E-state index in [1.807, 2.05) is 37.3 Å². The van der Waals surface area contributed by atoms with Gasteiger partial charge in [0, 0.05) is 17.7 Å². The second-order valence-electron chi connectivity index (χ2n) is 5.07. The zero-order chi connectivity index (χ0) is 14.8. The van der Waals surface area contributed by atoms with Crippen molar-refractivity contribution in [3.63, 3.8) is 0 Å². The van der Waals surface area contributed by atoms with Gasteiger partial charge in [0.2, 0.25) is 0 Å². The molecule has 0 saturated carbocycles. The number of hydrogen-bond donors (Lipinski definition) is 1. The van der Waals surface area contributed by atoms with Crippen molar-refractivity contribution in [2.24, 2.45) is 4.99 Å². The summed E-state index contributed by atoms with van der Waals surface area (Å²) in [5, 5.41) is 4.70. The van der Waals surface area contributed by atoms with Gasteiger partial charge in [0.05, 0.1) is 18.2 Å². The number of carbonyl (C=O) groups is 1. The van der Waals surface area contributed by atoms with E-state index in [1.165, 1.54) is 0 Å². The molecule has 21 heavy (non-hydrogen) atoms. The predicted octanol–water partition coefficient (Wildman–Crippen LogP) is 1.33. The average molecular weight is 280 g/mol. The van der Waals surface area contributed by atoms with Gasteiger partial charge in [-0.15, -0.1) is 0 Å². The van der Waals surface area contributed by atoms with Gasteiger partial charge in [0.1, 0.15) is 5.76 Å². The summed E-state index contributed by atoms with van der Waals surface area (Å²) in [4.78, 5) is 16.3. The maximum absolute atomic E-state index is 12.1. The van der Waals surface area contributed by atoms with Gasteiger partial charge < -0.3 is 9.73 Å². The smallest absolute Gasteiger partial charge is 0.274 e. The molecule has 3 rings (SSSR count). The molecular weight excluding hydrogens is 264 g/mol. The van der Waals surface area contributed by atoms with Crippen LogP contribution in [-0.4, -0.2) is 12.5 Å². The van der Waals surface area contributed by atoms with Crippen molar-refractivity contribution in [2.45, 2.75) is 13.5 Å². The molecule has 1 N–H and O–H groups in total. The minimum Gasteiger partial charge on any atom is -0.468 e. The van der Waals surface area contributed by atoms with Crippen LogP contribution in [0.3, 0.4) is 0 Å². The Hall–Kier alpha value is -2.46. The summed E-state index contributed by atoms with van der Waals surface area (Å²) >= 11 is 0. The number of nitrogens with zero attached hydrogens (tertiary/aromatic N) is 1. The number of furan rings is 1. The van der Waals surface area contributed by atoms with Gasteiger partial charge in [-0.1, -0.05) is 18.7 Å². The molecule has 1 amide bonds. The van der Waals surface area contributed by atoms with Crippen LogP contribution in [0.5, 0.6) is 0 Å². The predicted molar refractivity (Wildman–Crippen MR) is 80.9 cm³/mol. The summed E-state index contributed by atoms with van der Waals surface area (Å²) in [5.74, 6) is 0.636. The third-order valence-electron chi connectivity index (χ3n) is 3.56. The number of hydrogen-bond acceptors (Lipinski definition) is 3. The molecule has 2 heterocycles. The second kappa shape index (κ2) is 5.50. The molecule has 0 aliphatic carbocycles. The topological polar surface area (TPSA) is 54.6 Å². The Labute approximate surface area is 122 Å². The summed E-state index contributed by atoms with van der Waals surface area (Å²) < 4.78 is 5.24. The highest BCUT2D eigenvalue weighted by molar-refractivity contribution is 6.00. The first-order valence-electron chi connectivity index (χ1n) is 6.80. The van der Waals surface area contributed by atoms with Gasteiger partial charge in [-0.25, -0.2) is 4.99 Å². The lowest BCUT2D eigenvalue weighted by molar-refractivity contribution is -0.114. The highest BCUT2D eigenvalue weighted by Gasteiger charge is 2.14. The Morgan fingerprint density at radius 1 is 1.29 bits per heavy atom. The van der Waals surface area contributed by atoms with Crippen LogP contribution in [0.15, 0.2) is 45.5 Å². The molecule has 0 atom stereocenters. The van der Waals surface area contributed by atoms with E-state index in [-0.39, 0.29) is 5.91 Å². The number of nitrogens with one attached hydrogen (secondary N) is 1. The van der Waals surface area contributed by atoms with Gasteiger partial charge in [-0.3, -0.25) is 4.79 Å². The van der Waals surface area contributed by atoms with Crippen molar-refractivity contribution in [1.29, 1.82) is 0 Å². The Morgan fingerprint density at radius 3 is 2.90 bits per heavy atom. The summed E-state index contributed by atoms with van der Waals surface area (Å²) in [6.07, 6.45) is 3.51. The van der Waals surface area contributed by atoms with Crippen molar-refractivity contribution in [1.82, 2.24) is 5.32 Å². The van der Waals surface area contributed by atoms with E-state index in [4.69, 9.17) is 4.42 Å². The largest absolute Gasteiger partial charge is 0.468 e. The van der Waals surface area contributed by atoms with E-state index in [2.05, 4.69) is 16.9 Å². The Kier molecular flexibility index (Phi) is 3.54. The molecule has 1 aromatic heterocycles. The molecule has 2 aromatic rings. The van der Waals surface area contributed by atoms with Gasteiger partial charge in [0.15, 0.2) is 0 Å². The lowest BCUT2D eigenvalue weighted by Crippen LogP contribution is -2.33. The van der Waals surface area contributed by atoms with Crippen LogP contribution in [0.2, 0.25) is 0 Å². The number of fused-ring (bicyclic) bond motifs is 1. The average Bonchev–Trinajstić information content (AvgIpc) is 2.98. The molecule has 106 valence electrons. The first-order chi connectivity index (χ1) is 10.1. The number of amides is 1. The molecule has 1 aliphatic rings. The first kappa shape index (κ1) is 13.5. The maximum atomic E-state index is 12.1. The van der Waals surface area contributed by atoms with E-state index >= 15 is 0 Å². The number of benzene rings is 1. The molecule has 0 radical (unpaired) electrons. The zero-order valence-electron chi connectivity index (χ0n) is 11.8. The monoisotopic (exact) mass is 280 g/mol. The second-order valence-corrected chi connectivity index (χ2v) is 5.07. The highest BCUT2D eigenvalue weighted by Crippen LogP contribution is 2.09. The van der Waals surface area contributed by atoms with Gasteiger partial charge in [-0.05, 0) is 35.9 Å². The molecule has 0 unspecified atom stereocenters. The maximum Gasteiger partial charge on any atom is 0.274 e. The SMILES string of the molecule is C=c1c(C)ccc2c1=NC(=O)C(CNCc1ccco1)=C2. The molecule has 4 nitrogen and oxygen atoms in total. The van der Waals surface area contributed by atoms with Crippen molar-refractivity contribution >= 4 is 18.6 Å². The van der Waals surface area contributed by atoms with E-state index in [1.54, 1.807) is 6.26 Å². The number of rotatable bonds is 4. The van der Waals surface area contributed by atoms with E-state index in [0.29, 0.717) is 24.0 Å². The fourth-order valence-corrected chi connectivity index (χ4v) is 2.29. The van der Waals surface area contributed by atoms with Crippen molar-refractivity contribution < 1.29 is 9.21 Å². The van der Waals surface area contributed by atoms with Crippen LogP contribution in [0.25, 0.3) is 12.7 Å². The van der Waals surface area contributed by atoms with Crippen LogP contribution in [0.4, 0.5) is 0 Å². The molecular formula is C17H16N2O2. The van der Waals surface area contributed by atoms with Crippen LogP contribution in [0.1, 0.15) is 16.9 Å². The van der Waals surface area contributed by atoms with E-state index in [0.717, 1.165) is 22.1 Å². The molecule has 0 saturated heterocycles. The molecule has 1 aromatic carbocycles. The lowest BCUT2D eigenvalue weighted by atomic mass is 10.0. The fraction of sp³-hybridized carbons (Fsp3) is 0.176. The number of aryl methyl sites for hydroxylation is 1. The normalized spacial score (nSPS) is 13.6. The van der Waals surface area contributed by atoms with Crippen molar-refractivity contribution in [3.05, 3.63) is 63.6 Å². The minimum absolute atomic E-state index is 0.204. The van der Waals surface area contributed by atoms with E-state index in [9.17, 15) is 4.79 Å². The number of carbonyl (C=O) groups excluding carboxylic acids is 1.